The number of fused-ring (bicyclic) bond motifs is 1. The van der Waals surface area contributed by atoms with Crippen molar-refractivity contribution in [2.75, 3.05) is 6.54 Å². The van der Waals surface area contributed by atoms with Gasteiger partial charge in [-0.25, -0.2) is 0 Å². The molecule has 0 aromatic carbocycles. The number of hydrogen-bond donors (Lipinski definition) is 1. The van der Waals surface area contributed by atoms with Gasteiger partial charge in [0.15, 0.2) is 0 Å². The summed E-state index contributed by atoms with van der Waals surface area (Å²) in [7, 11) is 0. The normalized spacial score (nSPS) is 45.1. The number of rotatable bonds is 2. The summed E-state index contributed by atoms with van der Waals surface area (Å²) in [6, 6.07) is 0. The zero-order valence-electron chi connectivity index (χ0n) is 8.14. The summed E-state index contributed by atoms with van der Waals surface area (Å²) >= 11 is 0. The monoisotopic (exact) mass is 165 g/mol. The lowest BCUT2D eigenvalue weighted by Gasteiger charge is -2.49. The van der Waals surface area contributed by atoms with Gasteiger partial charge in [-0.2, -0.15) is 0 Å². The highest BCUT2D eigenvalue weighted by molar-refractivity contribution is 5.22. The molecule has 12 heavy (non-hydrogen) atoms. The molecule has 0 saturated heterocycles. The molecule has 0 spiro atoms. The first kappa shape index (κ1) is 8.31. The summed E-state index contributed by atoms with van der Waals surface area (Å²) in [5, 5.41) is 0. The van der Waals surface area contributed by atoms with E-state index in [1.807, 2.05) is 0 Å². The van der Waals surface area contributed by atoms with Crippen molar-refractivity contribution in [1.82, 2.24) is 0 Å². The number of nitrogens with two attached hydrogens (primary N) is 1. The molecule has 0 heterocycles. The smallest absolute Gasteiger partial charge is 0.00173 e. The van der Waals surface area contributed by atoms with Crippen LogP contribution in [0.1, 0.15) is 33.1 Å². The van der Waals surface area contributed by atoms with Crippen molar-refractivity contribution in [3.05, 3.63) is 11.6 Å². The Balaban J connectivity index is 2.09. The molecule has 0 aromatic rings. The molecule has 1 heteroatoms. The van der Waals surface area contributed by atoms with Crippen LogP contribution in [0, 0.1) is 17.3 Å². The maximum atomic E-state index is 5.78. The van der Waals surface area contributed by atoms with E-state index in [9.17, 15) is 0 Å². The molecule has 3 atom stereocenters. The summed E-state index contributed by atoms with van der Waals surface area (Å²) in [4.78, 5) is 0. The minimum atomic E-state index is 0.446. The topological polar surface area (TPSA) is 26.0 Å². The quantitative estimate of drug-likeness (QED) is 0.624. The zero-order chi connectivity index (χ0) is 8.77. The van der Waals surface area contributed by atoms with Gasteiger partial charge in [0.25, 0.3) is 0 Å². The molecule has 2 N–H and O–H groups in total. The van der Waals surface area contributed by atoms with E-state index in [4.69, 9.17) is 5.73 Å². The van der Waals surface area contributed by atoms with Crippen molar-refractivity contribution < 1.29 is 0 Å². The third kappa shape index (κ3) is 0.957. The fraction of sp³-hybridized carbons (Fsp3) is 0.818. The molecule has 0 unspecified atom stereocenters. The van der Waals surface area contributed by atoms with Crippen LogP contribution in [0.5, 0.6) is 0 Å². The van der Waals surface area contributed by atoms with Crippen LogP contribution in [0.2, 0.25) is 0 Å². The third-order valence-electron chi connectivity index (χ3n) is 3.90. The van der Waals surface area contributed by atoms with Crippen molar-refractivity contribution in [2.24, 2.45) is 23.0 Å². The average molecular weight is 165 g/mol. The van der Waals surface area contributed by atoms with Crippen LogP contribution < -0.4 is 5.73 Å². The second-order valence-electron chi connectivity index (χ2n) is 4.73. The minimum Gasteiger partial charge on any atom is -0.330 e. The van der Waals surface area contributed by atoms with E-state index < -0.39 is 0 Å². The Morgan fingerprint density at radius 2 is 2.42 bits per heavy atom. The highest BCUT2D eigenvalue weighted by Crippen LogP contribution is 2.57. The third-order valence-corrected chi connectivity index (χ3v) is 3.90. The van der Waals surface area contributed by atoms with Crippen LogP contribution in [0.25, 0.3) is 0 Å². The van der Waals surface area contributed by atoms with Crippen molar-refractivity contribution >= 4 is 0 Å². The van der Waals surface area contributed by atoms with E-state index in [1.54, 1.807) is 5.57 Å². The molecule has 1 fully saturated rings. The zero-order valence-corrected chi connectivity index (χ0v) is 8.14. The van der Waals surface area contributed by atoms with Crippen molar-refractivity contribution in [2.45, 2.75) is 33.1 Å². The molecule has 0 aromatic heterocycles. The first-order chi connectivity index (χ1) is 5.69. The fourth-order valence-electron chi connectivity index (χ4n) is 2.95. The molecule has 0 radical (unpaired) electrons. The highest BCUT2D eigenvalue weighted by atomic mass is 14.7. The van der Waals surface area contributed by atoms with E-state index >= 15 is 0 Å². The molecule has 1 saturated carbocycles. The van der Waals surface area contributed by atoms with Crippen molar-refractivity contribution in [3.63, 3.8) is 0 Å². The van der Waals surface area contributed by atoms with Crippen LogP contribution in [0.3, 0.4) is 0 Å². The number of allylic oxidation sites excluding steroid dienone is 2. The van der Waals surface area contributed by atoms with E-state index in [1.165, 1.54) is 19.3 Å². The molecular weight excluding hydrogens is 146 g/mol. The Labute approximate surface area is 75.0 Å². The Kier molecular flexibility index (Phi) is 1.80. The van der Waals surface area contributed by atoms with E-state index in [0.29, 0.717) is 5.41 Å². The van der Waals surface area contributed by atoms with Crippen LogP contribution >= 0.6 is 0 Å². The molecule has 2 aliphatic rings. The van der Waals surface area contributed by atoms with E-state index in [-0.39, 0.29) is 0 Å². The molecule has 2 aliphatic carbocycles. The lowest BCUT2D eigenvalue weighted by atomic mass is 9.56. The van der Waals surface area contributed by atoms with Crippen LogP contribution in [0.15, 0.2) is 11.6 Å². The molecular formula is C11H19N. The van der Waals surface area contributed by atoms with Crippen LogP contribution in [-0.4, -0.2) is 6.54 Å². The van der Waals surface area contributed by atoms with Gasteiger partial charge in [-0.1, -0.05) is 25.5 Å². The second-order valence-corrected chi connectivity index (χ2v) is 4.73. The van der Waals surface area contributed by atoms with E-state index in [2.05, 4.69) is 19.9 Å². The maximum absolute atomic E-state index is 5.78. The van der Waals surface area contributed by atoms with Crippen molar-refractivity contribution in [1.29, 1.82) is 0 Å². The van der Waals surface area contributed by atoms with Gasteiger partial charge in [0.2, 0.25) is 0 Å². The largest absolute Gasteiger partial charge is 0.330 e. The lowest BCUT2D eigenvalue weighted by molar-refractivity contribution is 0.0279. The molecule has 0 bridgehead atoms. The average Bonchev–Trinajstić information content (AvgIpc) is 2.42. The number of hydrogen-bond acceptors (Lipinski definition) is 1. The standard InChI is InChI=1S/C11H19N/c1-3-8-4-9-6-11(2,7-12)10(9)5-8/h5,9-10H,3-4,6-7,12H2,1-2H3/t9-,10-,11+/m1/s1. The Hall–Kier alpha value is -0.300. The lowest BCUT2D eigenvalue weighted by Crippen LogP contribution is -2.47. The highest BCUT2D eigenvalue weighted by Gasteiger charge is 2.50. The van der Waals surface area contributed by atoms with Gasteiger partial charge < -0.3 is 5.73 Å². The Morgan fingerprint density at radius 1 is 1.67 bits per heavy atom. The first-order valence-electron chi connectivity index (χ1n) is 5.09. The summed E-state index contributed by atoms with van der Waals surface area (Å²) in [6.07, 6.45) is 6.46. The Bertz CT molecular complexity index is 219. The summed E-state index contributed by atoms with van der Waals surface area (Å²) < 4.78 is 0. The van der Waals surface area contributed by atoms with E-state index in [0.717, 1.165) is 18.4 Å². The fourth-order valence-corrected chi connectivity index (χ4v) is 2.95. The summed E-state index contributed by atoms with van der Waals surface area (Å²) in [5.74, 6) is 1.77. The molecule has 2 rings (SSSR count). The molecule has 1 nitrogen and oxygen atoms in total. The predicted octanol–water partition coefficient (Wildman–Crippen LogP) is 2.33. The minimum absolute atomic E-state index is 0.446. The van der Waals surface area contributed by atoms with Gasteiger partial charge in [-0.15, -0.1) is 0 Å². The van der Waals surface area contributed by atoms with Gasteiger partial charge in [0.1, 0.15) is 0 Å². The summed E-state index contributed by atoms with van der Waals surface area (Å²) in [6.45, 7) is 5.46. The maximum Gasteiger partial charge on any atom is -0.00173 e. The van der Waals surface area contributed by atoms with Gasteiger partial charge in [0, 0.05) is 0 Å². The van der Waals surface area contributed by atoms with Crippen LogP contribution in [0.4, 0.5) is 0 Å². The first-order valence-corrected chi connectivity index (χ1v) is 5.09. The molecule has 0 amide bonds. The van der Waals surface area contributed by atoms with Crippen molar-refractivity contribution in [3.8, 4) is 0 Å². The SMILES string of the molecule is CCC1=C[C@@H]2[C@H](C1)C[C@@]2(C)CN. The Morgan fingerprint density at radius 3 is 3.00 bits per heavy atom. The predicted molar refractivity (Wildman–Crippen MR) is 51.7 cm³/mol. The van der Waals surface area contributed by atoms with Gasteiger partial charge in [-0.3, -0.25) is 0 Å². The van der Waals surface area contributed by atoms with Gasteiger partial charge in [-0.05, 0) is 43.1 Å². The molecule has 0 aliphatic heterocycles. The van der Waals surface area contributed by atoms with Gasteiger partial charge in [0.05, 0.1) is 0 Å². The van der Waals surface area contributed by atoms with Gasteiger partial charge >= 0.3 is 0 Å². The molecule has 68 valence electrons. The second kappa shape index (κ2) is 2.59. The van der Waals surface area contributed by atoms with Crippen LogP contribution in [-0.2, 0) is 0 Å². The summed E-state index contributed by atoms with van der Waals surface area (Å²) in [5.41, 5.74) is 7.90.